The average molecular weight is 371 g/mol. The Bertz CT molecular complexity index is 965. The predicted octanol–water partition coefficient (Wildman–Crippen LogP) is 2.31. The van der Waals surface area contributed by atoms with Gasteiger partial charge in [-0.15, -0.1) is 16.4 Å². The van der Waals surface area contributed by atoms with Gasteiger partial charge in [0, 0.05) is 5.92 Å². The molecule has 0 unspecified atom stereocenters. The Morgan fingerprint density at radius 2 is 2.04 bits per heavy atom. The van der Waals surface area contributed by atoms with Crippen LogP contribution in [0.4, 0.5) is 4.39 Å². The summed E-state index contributed by atoms with van der Waals surface area (Å²) in [6.45, 7) is 0. The molecule has 1 aromatic carbocycles. The van der Waals surface area contributed by atoms with E-state index in [1.165, 1.54) is 28.2 Å². The first-order valence-corrected chi connectivity index (χ1v) is 8.87. The first-order valence-electron chi connectivity index (χ1n) is 7.99. The van der Waals surface area contributed by atoms with E-state index in [9.17, 15) is 14.0 Å². The van der Waals surface area contributed by atoms with Gasteiger partial charge in [-0.2, -0.15) is 0 Å². The quantitative estimate of drug-likeness (QED) is 0.689. The van der Waals surface area contributed by atoms with E-state index in [0.717, 1.165) is 17.7 Å². The zero-order valence-corrected chi connectivity index (χ0v) is 14.3. The van der Waals surface area contributed by atoms with Crippen molar-refractivity contribution < 1.29 is 14.0 Å². The van der Waals surface area contributed by atoms with Gasteiger partial charge in [0.05, 0.1) is 10.6 Å². The minimum absolute atomic E-state index is 0.0326. The van der Waals surface area contributed by atoms with Crippen LogP contribution in [0.15, 0.2) is 41.8 Å². The van der Waals surface area contributed by atoms with Crippen LogP contribution in [0.3, 0.4) is 0 Å². The summed E-state index contributed by atoms with van der Waals surface area (Å²) >= 11 is 1.43. The minimum atomic E-state index is -0.632. The number of nitrogens with zero attached hydrogens (tertiary/aromatic N) is 3. The van der Waals surface area contributed by atoms with Crippen molar-refractivity contribution in [1.82, 2.24) is 25.6 Å². The molecule has 2 aromatic heterocycles. The van der Waals surface area contributed by atoms with Gasteiger partial charge < -0.3 is 0 Å². The fourth-order valence-corrected chi connectivity index (χ4v) is 3.08. The van der Waals surface area contributed by atoms with E-state index in [0.29, 0.717) is 11.5 Å². The topological polar surface area (TPSA) is 88.9 Å². The maximum absolute atomic E-state index is 13.6. The second kappa shape index (κ2) is 6.68. The molecule has 7 nitrogen and oxygen atoms in total. The molecular weight excluding hydrogens is 357 g/mol. The van der Waals surface area contributed by atoms with Crippen LogP contribution in [0.2, 0.25) is 0 Å². The highest BCUT2D eigenvalue weighted by molar-refractivity contribution is 7.13. The van der Waals surface area contributed by atoms with Crippen molar-refractivity contribution in [3.05, 3.63) is 53.4 Å². The smallest absolute Gasteiger partial charge is 0.273 e. The number of aromatic nitrogens is 3. The standard InChI is InChI=1S/C17H14FN5O2S/c18-11-3-1-4-12(9-11)23-15(13-5-2-8-26-13)19-14(22-23)17(25)21-20-16(24)10-6-7-10/h1-5,8-10H,6-7H2,(H,20,24)(H,21,25). The Hall–Kier alpha value is -3.07. The van der Waals surface area contributed by atoms with Crippen molar-refractivity contribution >= 4 is 23.2 Å². The van der Waals surface area contributed by atoms with E-state index >= 15 is 0 Å². The zero-order valence-electron chi connectivity index (χ0n) is 13.5. The summed E-state index contributed by atoms with van der Waals surface area (Å²) in [6, 6.07) is 9.54. The van der Waals surface area contributed by atoms with Gasteiger partial charge in [0.25, 0.3) is 0 Å². The lowest BCUT2D eigenvalue weighted by atomic mass is 10.3. The van der Waals surface area contributed by atoms with Crippen LogP contribution in [0.25, 0.3) is 16.4 Å². The number of carbonyl (C=O) groups excluding carboxylic acids is 2. The molecule has 0 atom stereocenters. The molecule has 0 radical (unpaired) electrons. The van der Waals surface area contributed by atoms with E-state index in [-0.39, 0.29) is 17.6 Å². The van der Waals surface area contributed by atoms with Crippen LogP contribution in [0.1, 0.15) is 23.5 Å². The number of rotatable bonds is 4. The summed E-state index contributed by atoms with van der Waals surface area (Å²) in [6.07, 6.45) is 1.66. The van der Waals surface area contributed by atoms with Gasteiger partial charge in [0.2, 0.25) is 11.7 Å². The summed E-state index contributed by atoms with van der Waals surface area (Å²) in [5.74, 6) is -1.00. The summed E-state index contributed by atoms with van der Waals surface area (Å²) in [7, 11) is 0. The maximum Gasteiger partial charge on any atom is 0.309 e. The van der Waals surface area contributed by atoms with E-state index < -0.39 is 11.7 Å². The Balaban J connectivity index is 1.64. The summed E-state index contributed by atoms with van der Waals surface area (Å²) in [5.41, 5.74) is 5.14. The fourth-order valence-electron chi connectivity index (χ4n) is 2.38. The molecule has 2 amide bonds. The number of hydrazine groups is 1. The molecule has 1 aliphatic carbocycles. The molecule has 26 heavy (non-hydrogen) atoms. The van der Waals surface area contributed by atoms with Gasteiger partial charge in [-0.3, -0.25) is 20.4 Å². The normalized spacial score (nSPS) is 13.4. The van der Waals surface area contributed by atoms with Crippen LogP contribution in [0, 0.1) is 11.7 Å². The van der Waals surface area contributed by atoms with Crippen LogP contribution >= 0.6 is 11.3 Å². The van der Waals surface area contributed by atoms with Gasteiger partial charge in [0.15, 0.2) is 5.82 Å². The molecule has 2 heterocycles. The first-order chi connectivity index (χ1) is 12.6. The number of carbonyl (C=O) groups is 2. The molecule has 132 valence electrons. The molecule has 3 aromatic rings. The van der Waals surface area contributed by atoms with Gasteiger partial charge in [-0.25, -0.2) is 14.1 Å². The highest BCUT2D eigenvalue weighted by Gasteiger charge is 2.30. The molecule has 0 saturated heterocycles. The van der Waals surface area contributed by atoms with Crippen molar-refractivity contribution in [1.29, 1.82) is 0 Å². The summed E-state index contributed by atoms with van der Waals surface area (Å²) in [5, 5.41) is 6.07. The zero-order chi connectivity index (χ0) is 18.1. The number of benzene rings is 1. The SMILES string of the molecule is O=C(NNC(=O)C1CC1)c1nc(-c2cccs2)n(-c2cccc(F)c2)n1. The van der Waals surface area contributed by atoms with Gasteiger partial charge in [-0.05, 0) is 42.5 Å². The second-order valence-corrected chi connectivity index (χ2v) is 6.79. The highest BCUT2D eigenvalue weighted by atomic mass is 32.1. The third kappa shape index (κ3) is 3.33. The summed E-state index contributed by atoms with van der Waals surface area (Å²) in [4.78, 5) is 29.0. The largest absolute Gasteiger partial charge is 0.309 e. The minimum Gasteiger partial charge on any atom is -0.273 e. The molecule has 1 fully saturated rings. The number of hydrogen-bond acceptors (Lipinski definition) is 5. The van der Waals surface area contributed by atoms with Crippen molar-refractivity contribution in [3.8, 4) is 16.4 Å². The molecule has 0 spiro atoms. The highest BCUT2D eigenvalue weighted by Crippen LogP contribution is 2.28. The van der Waals surface area contributed by atoms with Crippen molar-refractivity contribution in [2.24, 2.45) is 5.92 Å². The molecule has 2 N–H and O–H groups in total. The predicted molar refractivity (Wildman–Crippen MR) is 93.0 cm³/mol. The Kier molecular flexibility index (Phi) is 4.21. The van der Waals surface area contributed by atoms with Crippen LogP contribution in [-0.4, -0.2) is 26.6 Å². The summed E-state index contributed by atoms with van der Waals surface area (Å²) < 4.78 is 15.0. The molecule has 1 aliphatic rings. The Morgan fingerprint density at radius 3 is 2.73 bits per heavy atom. The third-order valence-corrected chi connectivity index (χ3v) is 4.72. The molecular formula is C17H14FN5O2S. The van der Waals surface area contributed by atoms with E-state index in [1.54, 1.807) is 12.1 Å². The molecule has 4 rings (SSSR count). The molecule has 1 saturated carbocycles. The van der Waals surface area contributed by atoms with Crippen molar-refractivity contribution in [3.63, 3.8) is 0 Å². The lowest BCUT2D eigenvalue weighted by molar-refractivity contribution is -0.123. The number of hydrogen-bond donors (Lipinski definition) is 2. The van der Waals surface area contributed by atoms with Gasteiger partial charge >= 0.3 is 5.91 Å². The lowest BCUT2D eigenvalue weighted by Crippen LogP contribution is -2.42. The Labute approximate surface area is 151 Å². The fraction of sp³-hybridized carbons (Fsp3) is 0.176. The van der Waals surface area contributed by atoms with Crippen LogP contribution in [0.5, 0.6) is 0 Å². The van der Waals surface area contributed by atoms with Crippen molar-refractivity contribution in [2.45, 2.75) is 12.8 Å². The van der Waals surface area contributed by atoms with Crippen LogP contribution in [-0.2, 0) is 4.79 Å². The number of thiophene rings is 1. The molecule has 9 heteroatoms. The molecule has 0 bridgehead atoms. The van der Waals surface area contributed by atoms with Crippen LogP contribution < -0.4 is 10.9 Å². The van der Waals surface area contributed by atoms with Gasteiger partial charge in [0.1, 0.15) is 5.82 Å². The molecule has 0 aliphatic heterocycles. The third-order valence-electron chi connectivity index (χ3n) is 3.85. The second-order valence-electron chi connectivity index (χ2n) is 5.85. The number of amides is 2. The maximum atomic E-state index is 13.6. The lowest BCUT2D eigenvalue weighted by Gasteiger charge is -2.04. The number of nitrogens with one attached hydrogen (secondary N) is 2. The monoisotopic (exact) mass is 371 g/mol. The van der Waals surface area contributed by atoms with E-state index in [1.807, 2.05) is 17.5 Å². The van der Waals surface area contributed by atoms with Gasteiger partial charge in [-0.1, -0.05) is 12.1 Å². The first kappa shape index (κ1) is 16.4. The van der Waals surface area contributed by atoms with E-state index in [4.69, 9.17) is 0 Å². The average Bonchev–Trinajstić information content (AvgIpc) is 3.17. The van der Waals surface area contributed by atoms with Crippen molar-refractivity contribution in [2.75, 3.05) is 0 Å². The van der Waals surface area contributed by atoms with E-state index in [2.05, 4.69) is 20.9 Å². The Morgan fingerprint density at radius 1 is 1.19 bits per heavy atom. The number of halogens is 1.